The Hall–Kier alpha value is -1.25. The van der Waals surface area contributed by atoms with Gasteiger partial charge in [0.25, 0.3) is 0 Å². The zero-order valence-electron chi connectivity index (χ0n) is 8.05. The number of aromatic hydroxyl groups is 1. The molecule has 0 aromatic heterocycles. The fourth-order valence-electron chi connectivity index (χ4n) is 1.43. The summed E-state index contributed by atoms with van der Waals surface area (Å²) in [5.74, 6) is -0.843. The van der Waals surface area contributed by atoms with Crippen LogP contribution in [0.15, 0.2) is 36.4 Å². The summed E-state index contributed by atoms with van der Waals surface area (Å²) in [7, 11) is 0. The number of halogens is 3. The number of hydrogen-bond acceptors (Lipinski definition) is 1. The van der Waals surface area contributed by atoms with E-state index in [9.17, 15) is 9.50 Å². The molecule has 0 radical (unpaired) electrons. The second kappa shape index (κ2) is 4.32. The number of hydrogen-bond donors (Lipinski definition) is 1. The van der Waals surface area contributed by atoms with Gasteiger partial charge in [0.2, 0.25) is 0 Å². The van der Waals surface area contributed by atoms with E-state index in [2.05, 4.69) is 0 Å². The van der Waals surface area contributed by atoms with Gasteiger partial charge >= 0.3 is 0 Å². The van der Waals surface area contributed by atoms with Gasteiger partial charge in [-0.2, -0.15) is 0 Å². The zero-order valence-corrected chi connectivity index (χ0v) is 9.56. The van der Waals surface area contributed by atoms with Gasteiger partial charge in [-0.1, -0.05) is 41.4 Å². The second-order valence-corrected chi connectivity index (χ2v) is 4.08. The highest BCUT2D eigenvalue weighted by Gasteiger charge is 2.11. The van der Waals surface area contributed by atoms with Crippen molar-refractivity contribution in [1.82, 2.24) is 0 Å². The van der Waals surface area contributed by atoms with Crippen LogP contribution in [0.4, 0.5) is 4.39 Å². The Labute approximate surface area is 102 Å². The van der Waals surface area contributed by atoms with Gasteiger partial charge in [-0.3, -0.25) is 0 Å². The second-order valence-electron chi connectivity index (χ2n) is 3.26. The van der Waals surface area contributed by atoms with E-state index in [-0.39, 0.29) is 10.8 Å². The van der Waals surface area contributed by atoms with Gasteiger partial charge in [-0.15, -0.1) is 0 Å². The van der Waals surface area contributed by atoms with Crippen LogP contribution in [0.25, 0.3) is 11.1 Å². The SMILES string of the molecule is Oc1cc(F)c(Cl)cc1-c1ccccc1Cl. The van der Waals surface area contributed by atoms with E-state index < -0.39 is 5.82 Å². The van der Waals surface area contributed by atoms with Gasteiger partial charge < -0.3 is 5.11 Å². The molecule has 0 amide bonds. The Kier molecular flexibility index (Phi) is 3.03. The number of phenolic OH excluding ortho intramolecular Hbond substituents is 1. The maximum atomic E-state index is 13.1. The van der Waals surface area contributed by atoms with E-state index in [0.29, 0.717) is 16.1 Å². The molecule has 0 spiro atoms. The lowest BCUT2D eigenvalue weighted by atomic mass is 10.0. The van der Waals surface area contributed by atoms with E-state index in [4.69, 9.17) is 23.2 Å². The molecule has 16 heavy (non-hydrogen) atoms. The van der Waals surface area contributed by atoms with Crippen molar-refractivity contribution >= 4 is 23.2 Å². The van der Waals surface area contributed by atoms with Crippen LogP contribution < -0.4 is 0 Å². The fraction of sp³-hybridized carbons (Fsp3) is 0. The molecule has 1 N–H and O–H groups in total. The first-order valence-electron chi connectivity index (χ1n) is 4.52. The van der Waals surface area contributed by atoms with Crippen LogP contribution in [-0.4, -0.2) is 5.11 Å². The Morgan fingerprint density at radius 1 is 0.938 bits per heavy atom. The lowest BCUT2D eigenvalue weighted by molar-refractivity contribution is 0.471. The molecule has 0 saturated carbocycles. The monoisotopic (exact) mass is 256 g/mol. The average molecular weight is 257 g/mol. The highest BCUT2D eigenvalue weighted by molar-refractivity contribution is 6.34. The van der Waals surface area contributed by atoms with E-state index in [1.165, 1.54) is 6.07 Å². The van der Waals surface area contributed by atoms with Gasteiger partial charge in [0, 0.05) is 22.2 Å². The fourth-order valence-corrected chi connectivity index (χ4v) is 1.83. The number of rotatable bonds is 1. The van der Waals surface area contributed by atoms with Crippen molar-refractivity contribution in [2.24, 2.45) is 0 Å². The lowest BCUT2D eigenvalue weighted by Gasteiger charge is -2.07. The highest BCUT2D eigenvalue weighted by Crippen LogP contribution is 2.36. The Morgan fingerprint density at radius 3 is 2.31 bits per heavy atom. The topological polar surface area (TPSA) is 20.2 Å². The lowest BCUT2D eigenvalue weighted by Crippen LogP contribution is -1.84. The van der Waals surface area contributed by atoms with Crippen molar-refractivity contribution in [3.05, 3.63) is 52.3 Å². The molecule has 0 aliphatic heterocycles. The van der Waals surface area contributed by atoms with Crippen molar-refractivity contribution in [2.75, 3.05) is 0 Å². The van der Waals surface area contributed by atoms with Gasteiger partial charge in [0.05, 0.1) is 5.02 Å². The Bertz CT molecular complexity index is 541. The quantitative estimate of drug-likeness (QED) is 0.797. The minimum absolute atomic E-state index is 0.0484. The molecule has 2 aromatic carbocycles. The number of phenols is 1. The Morgan fingerprint density at radius 2 is 1.62 bits per heavy atom. The van der Waals surface area contributed by atoms with Gasteiger partial charge in [-0.05, 0) is 12.1 Å². The van der Waals surface area contributed by atoms with Crippen molar-refractivity contribution in [3.8, 4) is 16.9 Å². The van der Waals surface area contributed by atoms with Crippen LogP contribution in [0.1, 0.15) is 0 Å². The predicted molar refractivity (Wildman–Crippen MR) is 63.5 cm³/mol. The first kappa shape index (κ1) is 11.2. The third-order valence-corrected chi connectivity index (χ3v) is 2.82. The third kappa shape index (κ3) is 1.99. The van der Waals surface area contributed by atoms with Crippen molar-refractivity contribution in [3.63, 3.8) is 0 Å². The molecule has 0 bridgehead atoms. The molecule has 1 nitrogen and oxygen atoms in total. The Balaban J connectivity index is 2.65. The minimum Gasteiger partial charge on any atom is -0.507 e. The smallest absolute Gasteiger partial charge is 0.145 e. The molecule has 0 unspecified atom stereocenters. The summed E-state index contributed by atoms with van der Waals surface area (Å²) in [4.78, 5) is 0. The predicted octanol–water partition coefficient (Wildman–Crippen LogP) is 4.51. The molecule has 0 heterocycles. The molecule has 0 fully saturated rings. The first-order chi connectivity index (χ1) is 7.59. The van der Waals surface area contributed by atoms with Crippen LogP contribution in [-0.2, 0) is 0 Å². The minimum atomic E-state index is -0.657. The molecule has 82 valence electrons. The molecule has 2 rings (SSSR count). The van der Waals surface area contributed by atoms with Gasteiger partial charge in [0.1, 0.15) is 11.6 Å². The highest BCUT2D eigenvalue weighted by atomic mass is 35.5. The summed E-state index contributed by atoms with van der Waals surface area (Å²) in [6.45, 7) is 0. The number of benzene rings is 2. The van der Waals surface area contributed by atoms with E-state index in [1.54, 1.807) is 24.3 Å². The summed E-state index contributed by atoms with van der Waals surface area (Å²) < 4.78 is 13.1. The first-order valence-corrected chi connectivity index (χ1v) is 5.28. The van der Waals surface area contributed by atoms with Crippen molar-refractivity contribution in [2.45, 2.75) is 0 Å². The molecule has 0 aliphatic rings. The summed E-state index contributed by atoms with van der Waals surface area (Å²) in [5, 5.41) is 10.1. The van der Waals surface area contributed by atoms with E-state index >= 15 is 0 Å². The van der Waals surface area contributed by atoms with Gasteiger partial charge in [-0.25, -0.2) is 4.39 Å². The maximum Gasteiger partial charge on any atom is 0.145 e. The van der Waals surface area contributed by atoms with Crippen LogP contribution in [0.3, 0.4) is 0 Å². The normalized spacial score (nSPS) is 10.4. The molecule has 0 atom stereocenters. The van der Waals surface area contributed by atoms with Gasteiger partial charge in [0.15, 0.2) is 0 Å². The molecule has 0 aliphatic carbocycles. The zero-order chi connectivity index (χ0) is 11.7. The van der Waals surface area contributed by atoms with Crippen LogP contribution in [0.2, 0.25) is 10.0 Å². The van der Waals surface area contributed by atoms with Crippen molar-refractivity contribution in [1.29, 1.82) is 0 Å². The standard InChI is InChI=1S/C12H7Cl2FO/c13-9-4-2-1-3-7(9)8-5-10(14)11(15)6-12(8)16/h1-6,16H. The van der Waals surface area contributed by atoms with Crippen molar-refractivity contribution < 1.29 is 9.50 Å². The molecule has 2 aromatic rings. The summed E-state index contributed by atoms with van der Waals surface area (Å²) >= 11 is 11.6. The van der Waals surface area contributed by atoms with Crippen LogP contribution in [0, 0.1) is 5.82 Å². The molecular weight excluding hydrogens is 250 g/mol. The summed E-state index contributed by atoms with van der Waals surface area (Å²) in [6.07, 6.45) is 0. The average Bonchev–Trinajstić information content (AvgIpc) is 2.25. The summed E-state index contributed by atoms with van der Waals surface area (Å²) in [5.41, 5.74) is 1.03. The summed E-state index contributed by atoms with van der Waals surface area (Å²) in [6, 6.07) is 9.29. The molecular formula is C12H7Cl2FO. The van der Waals surface area contributed by atoms with E-state index in [1.807, 2.05) is 0 Å². The van der Waals surface area contributed by atoms with Crippen LogP contribution in [0.5, 0.6) is 5.75 Å². The maximum absolute atomic E-state index is 13.1. The largest absolute Gasteiger partial charge is 0.507 e. The molecule has 0 saturated heterocycles. The van der Waals surface area contributed by atoms with Crippen LogP contribution >= 0.6 is 23.2 Å². The third-order valence-electron chi connectivity index (χ3n) is 2.20. The van der Waals surface area contributed by atoms with E-state index in [0.717, 1.165) is 6.07 Å². The molecule has 4 heteroatoms.